The third-order valence-electron chi connectivity index (χ3n) is 3.67. The van der Waals surface area contributed by atoms with Crippen molar-refractivity contribution in [1.82, 2.24) is 5.32 Å². The highest BCUT2D eigenvalue weighted by Gasteiger charge is 2.36. The second-order valence-corrected chi connectivity index (χ2v) is 4.77. The van der Waals surface area contributed by atoms with E-state index in [1.807, 2.05) is 12.1 Å². The van der Waals surface area contributed by atoms with Crippen LogP contribution in [-0.4, -0.2) is 17.4 Å². The summed E-state index contributed by atoms with van der Waals surface area (Å²) in [4.78, 5) is 11.1. The van der Waals surface area contributed by atoms with Gasteiger partial charge in [0.1, 0.15) is 11.5 Å². The van der Waals surface area contributed by atoms with Gasteiger partial charge in [-0.1, -0.05) is 6.07 Å². The van der Waals surface area contributed by atoms with Gasteiger partial charge in [-0.15, -0.1) is 12.4 Å². The number of phenols is 1. The normalized spacial score (nSPS) is 23.5. The number of hydrogen-bond donors (Lipinski definition) is 2. The molecule has 0 radical (unpaired) electrons. The molecule has 1 aromatic carbocycles. The van der Waals surface area contributed by atoms with E-state index in [0.29, 0.717) is 36.3 Å². The topological polar surface area (TPSA) is 49.3 Å². The van der Waals surface area contributed by atoms with Gasteiger partial charge in [0.2, 0.25) is 0 Å². The molecule has 3 nitrogen and oxygen atoms in total. The van der Waals surface area contributed by atoms with Gasteiger partial charge < -0.3 is 10.4 Å². The molecule has 4 heteroatoms. The fourth-order valence-corrected chi connectivity index (χ4v) is 2.77. The molecule has 0 aromatic heterocycles. The maximum Gasteiger partial charge on any atom is 0.133 e. The van der Waals surface area contributed by atoms with E-state index in [4.69, 9.17) is 0 Å². The van der Waals surface area contributed by atoms with Gasteiger partial charge in [-0.3, -0.25) is 4.79 Å². The van der Waals surface area contributed by atoms with Crippen molar-refractivity contribution in [2.75, 3.05) is 6.54 Å². The van der Waals surface area contributed by atoms with Gasteiger partial charge in [0, 0.05) is 18.9 Å². The SMILES string of the molecule is Cl.O=C1CC(C2NCCc3cc(O)ccc32)C1. The highest BCUT2D eigenvalue weighted by molar-refractivity contribution is 5.85. The molecular weight excluding hydrogens is 238 g/mol. The molecule has 0 saturated heterocycles. The number of halogens is 1. The minimum Gasteiger partial charge on any atom is -0.508 e. The number of carbonyl (C=O) groups excluding carboxylic acids is 1. The molecule has 1 aliphatic carbocycles. The van der Waals surface area contributed by atoms with Crippen LogP contribution in [0.5, 0.6) is 5.75 Å². The number of fused-ring (bicyclic) bond motifs is 1. The lowest BCUT2D eigenvalue weighted by molar-refractivity contribution is -0.127. The largest absolute Gasteiger partial charge is 0.508 e. The number of Topliss-reactive ketones (excluding diaryl/α,β-unsaturated/α-hetero) is 1. The number of carbonyl (C=O) groups is 1. The average molecular weight is 254 g/mol. The number of rotatable bonds is 1. The Labute approximate surface area is 107 Å². The first kappa shape index (κ1) is 12.4. The van der Waals surface area contributed by atoms with Crippen molar-refractivity contribution in [3.8, 4) is 5.75 Å². The Kier molecular flexibility index (Phi) is 3.40. The second kappa shape index (κ2) is 4.67. The van der Waals surface area contributed by atoms with Gasteiger partial charge in [0.25, 0.3) is 0 Å². The van der Waals surface area contributed by atoms with E-state index >= 15 is 0 Å². The summed E-state index contributed by atoms with van der Waals surface area (Å²) in [6.45, 7) is 0.936. The maximum absolute atomic E-state index is 11.1. The van der Waals surface area contributed by atoms with Crippen LogP contribution in [-0.2, 0) is 11.2 Å². The maximum atomic E-state index is 11.1. The number of ketones is 1. The molecular formula is C13H16ClNO2. The van der Waals surface area contributed by atoms with E-state index in [2.05, 4.69) is 5.32 Å². The summed E-state index contributed by atoms with van der Waals surface area (Å²) in [6.07, 6.45) is 2.37. The quantitative estimate of drug-likeness (QED) is 0.805. The number of benzene rings is 1. The standard InChI is InChI=1S/C13H15NO2.ClH/c15-10-1-2-12-8(5-10)3-4-14-13(12)9-6-11(16)7-9;/h1-2,5,9,13-15H,3-4,6-7H2;1H. The van der Waals surface area contributed by atoms with Gasteiger partial charge >= 0.3 is 0 Å². The smallest absolute Gasteiger partial charge is 0.133 e. The van der Waals surface area contributed by atoms with Crippen molar-refractivity contribution in [3.63, 3.8) is 0 Å². The molecule has 2 aliphatic rings. The van der Waals surface area contributed by atoms with Crippen LogP contribution in [0.1, 0.15) is 30.0 Å². The third kappa shape index (κ3) is 2.17. The van der Waals surface area contributed by atoms with Crippen molar-refractivity contribution >= 4 is 18.2 Å². The number of hydrogen-bond acceptors (Lipinski definition) is 3. The molecule has 0 amide bonds. The van der Waals surface area contributed by atoms with E-state index in [9.17, 15) is 9.90 Å². The summed E-state index contributed by atoms with van der Waals surface area (Å²) in [7, 11) is 0. The first-order chi connectivity index (χ1) is 7.74. The summed E-state index contributed by atoms with van der Waals surface area (Å²) in [5, 5.41) is 12.9. The zero-order valence-electron chi connectivity index (χ0n) is 9.48. The Morgan fingerprint density at radius 3 is 2.76 bits per heavy atom. The van der Waals surface area contributed by atoms with Crippen LogP contribution >= 0.6 is 12.4 Å². The Balaban J connectivity index is 0.00000108. The molecule has 1 atom stereocenters. The lowest BCUT2D eigenvalue weighted by Crippen LogP contribution is -2.40. The van der Waals surface area contributed by atoms with Crippen molar-refractivity contribution in [1.29, 1.82) is 0 Å². The molecule has 3 rings (SSSR count). The Morgan fingerprint density at radius 2 is 2.06 bits per heavy atom. The first-order valence-electron chi connectivity index (χ1n) is 5.81. The average Bonchev–Trinajstić information content (AvgIpc) is 2.24. The van der Waals surface area contributed by atoms with Crippen LogP contribution in [0.15, 0.2) is 18.2 Å². The molecule has 1 unspecified atom stereocenters. The summed E-state index contributed by atoms with van der Waals surface area (Å²) in [6, 6.07) is 5.88. The lowest BCUT2D eigenvalue weighted by atomic mass is 9.74. The van der Waals surface area contributed by atoms with Crippen LogP contribution in [0.25, 0.3) is 0 Å². The van der Waals surface area contributed by atoms with Gasteiger partial charge in [-0.25, -0.2) is 0 Å². The van der Waals surface area contributed by atoms with Gasteiger partial charge in [-0.05, 0) is 42.1 Å². The van der Waals surface area contributed by atoms with Crippen LogP contribution < -0.4 is 5.32 Å². The number of nitrogens with one attached hydrogen (secondary N) is 1. The molecule has 1 heterocycles. The fourth-order valence-electron chi connectivity index (χ4n) is 2.77. The molecule has 1 aliphatic heterocycles. The molecule has 17 heavy (non-hydrogen) atoms. The number of phenolic OH excluding ortho intramolecular Hbond substituents is 1. The predicted molar refractivity (Wildman–Crippen MR) is 67.5 cm³/mol. The molecule has 92 valence electrons. The first-order valence-corrected chi connectivity index (χ1v) is 5.81. The highest BCUT2D eigenvalue weighted by atomic mass is 35.5. The second-order valence-electron chi connectivity index (χ2n) is 4.77. The van der Waals surface area contributed by atoms with E-state index in [1.165, 1.54) is 11.1 Å². The molecule has 1 aromatic rings. The summed E-state index contributed by atoms with van der Waals surface area (Å²) >= 11 is 0. The zero-order chi connectivity index (χ0) is 11.1. The minimum atomic E-state index is 0. The van der Waals surface area contributed by atoms with Crippen molar-refractivity contribution < 1.29 is 9.90 Å². The number of aromatic hydroxyl groups is 1. The van der Waals surface area contributed by atoms with E-state index < -0.39 is 0 Å². The molecule has 0 bridgehead atoms. The molecule has 0 spiro atoms. The van der Waals surface area contributed by atoms with Gasteiger partial charge in [0.05, 0.1) is 0 Å². The zero-order valence-corrected chi connectivity index (χ0v) is 10.3. The van der Waals surface area contributed by atoms with Crippen molar-refractivity contribution in [2.24, 2.45) is 5.92 Å². The third-order valence-corrected chi connectivity index (χ3v) is 3.67. The predicted octanol–water partition coefficient (Wildman–Crippen LogP) is 1.98. The minimum absolute atomic E-state index is 0. The van der Waals surface area contributed by atoms with Crippen LogP contribution in [0, 0.1) is 5.92 Å². The van der Waals surface area contributed by atoms with Crippen molar-refractivity contribution in [2.45, 2.75) is 25.3 Å². The van der Waals surface area contributed by atoms with Crippen LogP contribution in [0.2, 0.25) is 0 Å². The molecule has 1 saturated carbocycles. The summed E-state index contributed by atoms with van der Waals surface area (Å²) in [5.74, 6) is 1.16. The Bertz CT molecular complexity index is 439. The van der Waals surface area contributed by atoms with Gasteiger partial charge in [-0.2, -0.15) is 0 Å². The van der Waals surface area contributed by atoms with Crippen LogP contribution in [0.4, 0.5) is 0 Å². The molecule has 2 N–H and O–H groups in total. The van der Waals surface area contributed by atoms with E-state index in [-0.39, 0.29) is 12.4 Å². The summed E-state index contributed by atoms with van der Waals surface area (Å²) in [5.41, 5.74) is 2.49. The Morgan fingerprint density at radius 1 is 1.29 bits per heavy atom. The van der Waals surface area contributed by atoms with Crippen molar-refractivity contribution in [3.05, 3.63) is 29.3 Å². The van der Waals surface area contributed by atoms with E-state index in [0.717, 1.165) is 13.0 Å². The Hall–Kier alpha value is -1.06. The summed E-state index contributed by atoms with van der Waals surface area (Å²) < 4.78 is 0. The highest BCUT2D eigenvalue weighted by Crippen LogP contribution is 2.39. The van der Waals surface area contributed by atoms with E-state index in [1.54, 1.807) is 6.07 Å². The monoisotopic (exact) mass is 253 g/mol. The van der Waals surface area contributed by atoms with Crippen LogP contribution in [0.3, 0.4) is 0 Å². The lowest BCUT2D eigenvalue weighted by Gasteiger charge is -2.37. The fraction of sp³-hybridized carbons (Fsp3) is 0.462. The molecule has 1 fully saturated rings. The van der Waals surface area contributed by atoms with Gasteiger partial charge in [0.15, 0.2) is 0 Å².